The first kappa shape index (κ1) is 11.5. The van der Waals surface area contributed by atoms with Gasteiger partial charge >= 0.3 is 6.09 Å². The van der Waals surface area contributed by atoms with Gasteiger partial charge in [0.15, 0.2) is 0 Å². The van der Waals surface area contributed by atoms with Crippen LogP contribution in [0.5, 0.6) is 0 Å². The number of hydrogen-bond acceptors (Lipinski definition) is 3. The molecular formula is C11H15NO3. The molecule has 0 radical (unpaired) electrons. The number of benzene rings is 1. The van der Waals surface area contributed by atoms with Gasteiger partial charge in [-0.15, -0.1) is 0 Å². The van der Waals surface area contributed by atoms with E-state index >= 15 is 0 Å². The lowest BCUT2D eigenvalue weighted by Crippen LogP contribution is -2.37. The van der Waals surface area contributed by atoms with Crippen molar-refractivity contribution in [1.29, 1.82) is 0 Å². The van der Waals surface area contributed by atoms with Crippen molar-refractivity contribution in [3.63, 3.8) is 0 Å². The molecule has 0 aliphatic heterocycles. The number of anilines is 1. The van der Waals surface area contributed by atoms with Crippen molar-refractivity contribution in [3.8, 4) is 0 Å². The fourth-order valence-electron chi connectivity index (χ4n) is 1.31. The molecular weight excluding hydrogens is 194 g/mol. The van der Waals surface area contributed by atoms with E-state index in [2.05, 4.69) is 9.78 Å². The van der Waals surface area contributed by atoms with Crippen LogP contribution < -0.4 is 4.90 Å². The normalized spacial score (nSPS) is 10.1. The van der Waals surface area contributed by atoms with Crippen LogP contribution in [0.15, 0.2) is 30.3 Å². The van der Waals surface area contributed by atoms with Gasteiger partial charge in [0.25, 0.3) is 0 Å². The molecule has 4 nitrogen and oxygen atoms in total. The van der Waals surface area contributed by atoms with Crippen molar-refractivity contribution in [2.45, 2.75) is 19.9 Å². The van der Waals surface area contributed by atoms with Gasteiger partial charge in [-0.3, -0.25) is 9.79 Å². The molecule has 0 aliphatic carbocycles. The van der Waals surface area contributed by atoms with Gasteiger partial charge in [-0.05, 0) is 26.0 Å². The number of carbonyl (C=O) groups excluding carboxylic acids is 1. The summed E-state index contributed by atoms with van der Waals surface area (Å²) in [5, 5.41) is 0. The van der Waals surface area contributed by atoms with Gasteiger partial charge < -0.3 is 0 Å². The van der Waals surface area contributed by atoms with Crippen molar-refractivity contribution < 1.29 is 14.6 Å². The highest BCUT2D eigenvalue weighted by molar-refractivity contribution is 5.87. The predicted octanol–water partition coefficient (Wildman–Crippen LogP) is 2.60. The highest BCUT2D eigenvalue weighted by Gasteiger charge is 2.20. The molecule has 0 N–H and O–H groups in total. The summed E-state index contributed by atoms with van der Waals surface area (Å²) < 4.78 is 0. The fraction of sp³-hybridized carbons (Fsp3) is 0.364. The molecule has 1 amide bonds. The van der Waals surface area contributed by atoms with Crippen LogP contribution in [0.25, 0.3) is 0 Å². The molecule has 1 aromatic rings. The molecule has 0 fully saturated rings. The minimum absolute atomic E-state index is 0.00931. The molecule has 0 spiro atoms. The molecule has 4 heteroatoms. The topological polar surface area (TPSA) is 38.8 Å². The van der Waals surface area contributed by atoms with E-state index in [9.17, 15) is 4.79 Å². The van der Waals surface area contributed by atoms with E-state index in [0.29, 0.717) is 0 Å². The Kier molecular flexibility index (Phi) is 4.12. The van der Waals surface area contributed by atoms with Crippen LogP contribution >= 0.6 is 0 Å². The second-order valence-corrected chi connectivity index (χ2v) is 3.32. The third-order valence-electron chi connectivity index (χ3n) is 1.90. The van der Waals surface area contributed by atoms with E-state index < -0.39 is 6.09 Å². The lowest BCUT2D eigenvalue weighted by molar-refractivity contribution is -0.210. The zero-order chi connectivity index (χ0) is 11.3. The first-order chi connectivity index (χ1) is 7.16. The highest BCUT2D eigenvalue weighted by Crippen LogP contribution is 2.17. The summed E-state index contributed by atoms with van der Waals surface area (Å²) in [6.07, 6.45) is -0.515. The molecule has 0 heterocycles. The molecule has 15 heavy (non-hydrogen) atoms. The molecule has 1 rings (SSSR count). The van der Waals surface area contributed by atoms with Gasteiger partial charge in [0, 0.05) is 11.7 Å². The molecule has 0 saturated heterocycles. The SMILES string of the molecule is COOC(=O)N(c1ccccc1)C(C)C. The predicted molar refractivity (Wildman–Crippen MR) is 57.5 cm³/mol. The summed E-state index contributed by atoms with van der Waals surface area (Å²) in [6.45, 7) is 3.81. The molecule has 0 bridgehead atoms. The number of carbonyl (C=O) groups is 1. The molecule has 0 aliphatic rings. The lowest BCUT2D eigenvalue weighted by atomic mass is 10.2. The van der Waals surface area contributed by atoms with E-state index in [4.69, 9.17) is 0 Å². The van der Waals surface area contributed by atoms with Crippen LogP contribution in [-0.2, 0) is 9.78 Å². The van der Waals surface area contributed by atoms with E-state index in [1.807, 2.05) is 44.2 Å². The van der Waals surface area contributed by atoms with Gasteiger partial charge in [0.1, 0.15) is 0 Å². The Morgan fingerprint density at radius 1 is 1.27 bits per heavy atom. The Bertz CT molecular complexity index is 311. The lowest BCUT2D eigenvalue weighted by Gasteiger charge is -2.24. The fourth-order valence-corrected chi connectivity index (χ4v) is 1.31. The Morgan fingerprint density at radius 2 is 1.87 bits per heavy atom. The van der Waals surface area contributed by atoms with Gasteiger partial charge in [-0.1, -0.05) is 18.2 Å². The van der Waals surface area contributed by atoms with Crippen molar-refractivity contribution in [2.24, 2.45) is 0 Å². The molecule has 0 saturated carbocycles. The molecule has 0 atom stereocenters. The minimum atomic E-state index is -0.515. The van der Waals surface area contributed by atoms with Crippen molar-refractivity contribution in [2.75, 3.05) is 12.0 Å². The highest BCUT2D eigenvalue weighted by atomic mass is 17.2. The zero-order valence-electron chi connectivity index (χ0n) is 9.14. The third-order valence-corrected chi connectivity index (χ3v) is 1.90. The van der Waals surface area contributed by atoms with E-state index in [0.717, 1.165) is 5.69 Å². The van der Waals surface area contributed by atoms with Gasteiger partial charge in [-0.25, -0.2) is 4.79 Å². The zero-order valence-corrected chi connectivity index (χ0v) is 9.14. The minimum Gasteiger partial charge on any atom is -0.275 e. The summed E-state index contributed by atoms with van der Waals surface area (Å²) in [4.78, 5) is 22.0. The monoisotopic (exact) mass is 209 g/mol. The van der Waals surface area contributed by atoms with Crippen LogP contribution in [0, 0.1) is 0 Å². The number of hydrogen-bond donors (Lipinski definition) is 0. The quantitative estimate of drug-likeness (QED) is 0.567. The van der Waals surface area contributed by atoms with Crippen LogP contribution in [0.2, 0.25) is 0 Å². The average molecular weight is 209 g/mol. The van der Waals surface area contributed by atoms with Gasteiger partial charge in [0.05, 0.1) is 7.11 Å². The number of para-hydroxylation sites is 1. The summed E-state index contributed by atoms with van der Waals surface area (Å²) >= 11 is 0. The van der Waals surface area contributed by atoms with Crippen LogP contribution in [0.3, 0.4) is 0 Å². The van der Waals surface area contributed by atoms with Gasteiger partial charge in [0.2, 0.25) is 0 Å². The largest absolute Gasteiger partial charge is 0.445 e. The molecule has 0 aromatic heterocycles. The van der Waals surface area contributed by atoms with Crippen LogP contribution in [0.4, 0.5) is 10.5 Å². The third kappa shape index (κ3) is 2.95. The van der Waals surface area contributed by atoms with Crippen molar-refractivity contribution >= 4 is 11.8 Å². The second kappa shape index (κ2) is 5.36. The van der Waals surface area contributed by atoms with Gasteiger partial charge in [-0.2, -0.15) is 4.89 Å². The maximum atomic E-state index is 11.6. The van der Waals surface area contributed by atoms with E-state index in [1.165, 1.54) is 12.0 Å². The summed E-state index contributed by atoms with van der Waals surface area (Å²) in [5.41, 5.74) is 0.787. The number of amides is 1. The first-order valence-corrected chi connectivity index (χ1v) is 4.75. The van der Waals surface area contributed by atoms with Crippen LogP contribution in [0.1, 0.15) is 13.8 Å². The smallest absolute Gasteiger partial charge is 0.275 e. The maximum absolute atomic E-state index is 11.6. The van der Waals surface area contributed by atoms with Crippen molar-refractivity contribution in [1.82, 2.24) is 0 Å². The molecule has 82 valence electrons. The Balaban J connectivity index is 2.88. The first-order valence-electron chi connectivity index (χ1n) is 4.75. The Labute approximate surface area is 89.3 Å². The Morgan fingerprint density at radius 3 is 2.33 bits per heavy atom. The summed E-state index contributed by atoms with van der Waals surface area (Å²) in [6, 6.07) is 9.32. The maximum Gasteiger partial charge on any atom is 0.445 e. The summed E-state index contributed by atoms with van der Waals surface area (Å²) in [7, 11) is 1.31. The molecule has 1 aromatic carbocycles. The standard InChI is InChI=1S/C11H15NO3/c1-9(2)12(11(13)15-14-3)10-7-5-4-6-8-10/h4-9H,1-3H3. The summed E-state index contributed by atoms with van der Waals surface area (Å²) in [5.74, 6) is 0. The Hall–Kier alpha value is -1.55. The van der Waals surface area contributed by atoms with Crippen molar-refractivity contribution in [3.05, 3.63) is 30.3 Å². The number of rotatable bonds is 3. The van der Waals surface area contributed by atoms with Crippen LogP contribution in [-0.4, -0.2) is 19.2 Å². The second-order valence-electron chi connectivity index (χ2n) is 3.32. The molecule has 0 unspecified atom stereocenters. The number of nitrogens with zero attached hydrogens (tertiary/aromatic N) is 1. The average Bonchev–Trinajstić information content (AvgIpc) is 2.19. The van der Waals surface area contributed by atoms with E-state index in [-0.39, 0.29) is 6.04 Å². The van der Waals surface area contributed by atoms with E-state index in [1.54, 1.807) is 0 Å².